The van der Waals surface area contributed by atoms with Crippen molar-refractivity contribution in [1.82, 2.24) is 15.2 Å². The molecule has 6 heteroatoms. The van der Waals surface area contributed by atoms with Crippen molar-refractivity contribution in [3.63, 3.8) is 0 Å². The number of nitrogens with zero attached hydrogens (tertiary/aromatic N) is 3. The van der Waals surface area contributed by atoms with Crippen molar-refractivity contribution in [2.24, 2.45) is 0 Å². The maximum Gasteiger partial charge on any atom is 0.252 e. The molecular weight excluding hydrogens is 350 g/mol. The molecule has 0 aliphatic rings. The number of benzene rings is 1. The summed E-state index contributed by atoms with van der Waals surface area (Å²) in [5, 5.41) is 6.27. The quantitative estimate of drug-likeness (QED) is 0.613. The summed E-state index contributed by atoms with van der Waals surface area (Å²) in [6.45, 7) is 10.0. The second kappa shape index (κ2) is 10.7. The van der Waals surface area contributed by atoms with Gasteiger partial charge < -0.3 is 20.4 Å². The molecule has 0 radical (unpaired) electrons. The van der Waals surface area contributed by atoms with Crippen molar-refractivity contribution >= 4 is 23.1 Å². The molecule has 2 N–H and O–H groups in total. The third-order valence-corrected chi connectivity index (χ3v) is 4.69. The van der Waals surface area contributed by atoms with Gasteiger partial charge in [-0.15, -0.1) is 0 Å². The van der Waals surface area contributed by atoms with Gasteiger partial charge in [0.15, 0.2) is 0 Å². The van der Waals surface area contributed by atoms with Crippen LogP contribution < -0.4 is 15.5 Å². The minimum Gasteiger partial charge on any atom is -0.372 e. The van der Waals surface area contributed by atoms with E-state index in [9.17, 15) is 4.79 Å². The van der Waals surface area contributed by atoms with E-state index in [1.807, 2.05) is 20.2 Å². The lowest BCUT2D eigenvalue weighted by Crippen LogP contribution is -2.27. The van der Waals surface area contributed by atoms with Gasteiger partial charge in [-0.05, 0) is 83.7 Å². The van der Waals surface area contributed by atoms with Crippen molar-refractivity contribution in [3.05, 3.63) is 47.7 Å². The van der Waals surface area contributed by atoms with Crippen molar-refractivity contribution in [1.29, 1.82) is 0 Å². The Hall–Kier alpha value is -2.60. The lowest BCUT2D eigenvalue weighted by molar-refractivity contribution is 0.0952. The van der Waals surface area contributed by atoms with E-state index in [0.29, 0.717) is 12.1 Å². The van der Waals surface area contributed by atoms with E-state index < -0.39 is 0 Å². The molecule has 152 valence electrons. The van der Waals surface area contributed by atoms with E-state index in [-0.39, 0.29) is 5.91 Å². The highest BCUT2D eigenvalue weighted by atomic mass is 16.1. The number of pyridine rings is 1. The number of anilines is 3. The van der Waals surface area contributed by atoms with Crippen LogP contribution in [0.1, 0.15) is 36.2 Å². The van der Waals surface area contributed by atoms with Crippen LogP contribution in [0.5, 0.6) is 0 Å². The van der Waals surface area contributed by atoms with Crippen LogP contribution in [-0.4, -0.2) is 56.1 Å². The van der Waals surface area contributed by atoms with E-state index >= 15 is 0 Å². The molecule has 0 aliphatic carbocycles. The van der Waals surface area contributed by atoms with E-state index in [0.717, 1.165) is 43.1 Å². The molecule has 0 saturated heterocycles. The summed E-state index contributed by atoms with van der Waals surface area (Å²) in [5.41, 5.74) is 3.98. The molecule has 1 heterocycles. The maximum atomic E-state index is 12.2. The molecule has 0 atom stereocenters. The minimum absolute atomic E-state index is 0.0856. The molecule has 0 spiro atoms. The predicted molar refractivity (Wildman–Crippen MR) is 118 cm³/mol. The molecule has 0 bridgehead atoms. The molecule has 1 aromatic heterocycles. The molecule has 1 aromatic carbocycles. The number of hydrogen-bond donors (Lipinski definition) is 2. The second-order valence-electron chi connectivity index (χ2n) is 7.14. The van der Waals surface area contributed by atoms with Gasteiger partial charge in [0, 0.05) is 37.2 Å². The molecule has 0 unspecified atom stereocenters. The second-order valence-corrected chi connectivity index (χ2v) is 7.14. The van der Waals surface area contributed by atoms with Gasteiger partial charge in [0.25, 0.3) is 5.91 Å². The fourth-order valence-electron chi connectivity index (χ4n) is 3.01. The average Bonchev–Trinajstić information content (AvgIpc) is 2.68. The van der Waals surface area contributed by atoms with Crippen molar-refractivity contribution < 1.29 is 4.79 Å². The van der Waals surface area contributed by atoms with Crippen LogP contribution in [0.15, 0.2) is 36.5 Å². The lowest BCUT2D eigenvalue weighted by Gasteiger charge is -2.22. The smallest absolute Gasteiger partial charge is 0.252 e. The number of aryl methyl sites for hydroxylation is 1. The fourth-order valence-corrected chi connectivity index (χ4v) is 3.01. The monoisotopic (exact) mass is 383 g/mol. The van der Waals surface area contributed by atoms with Gasteiger partial charge >= 0.3 is 0 Å². The number of carbonyl (C=O) groups is 1. The Morgan fingerprint density at radius 3 is 2.43 bits per heavy atom. The molecule has 1 amide bonds. The van der Waals surface area contributed by atoms with Gasteiger partial charge in [0.2, 0.25) is 0 Å². The van der Waals surface area contributed by atoms with Crippen molar-refractivity contribution in [2.45, 2.75) is 27.2 Å². The summed E-state index contributed by atoms with van der Waals surface area (Å²) in [6, 6.07) is 10.0. The molecule has 0 fully saturated rings. The van der Waals surface area contributed by atoms with Gasteiger partial charge in [-0.3, -0.25) is 4.79 Å². The van der Waals surface area contributed by atoms with Gasteiger partial charge in [0.05, 0.1) is 5.56 Å². The Kier molecular flexibility index (Phi) is 8.26. The number of carbonyl (C=O) groups excluding carboxylic acids is 1. The first-order valence-electron chi connectivity index (χ1n) is 9.96. The van der Waals surface area contributed by atoms with Crippen LogP contribution in [0, 0.1) is 6.92 Å². The van der Waals surface area contributed by atoms with E-state index in [1.54, 1.807) is 12.3 Å². The topological polar surface area (TPSA) is 60.5 Å². The van der Waals surface area contributed by atoms with Gasteiger partial charge in [-0.1, -0.05) is 0 Å². The first-order chi connectivity index (χ1) is 13.4. The predicted octanol–water partition coefficient (Wildman–Crippen LogP) is 3.66. The summed E-state index contributed by atoms with van der Waals surface area (Å²) in [5.74, 6) is 0.639. The van der Waals surface area contributed by atoms with Crippen LogP contribution in [-0.2, 0) is 0 Å². The summed E-state index contributed by atoms with van der Waals surface area (Å²) < 4.78 is 0. The van der Waals surface area contributed by atoms with Gasteiger partial charge in [-0.2, -0.15) is 0 Å². The molecular formula is C22H33N5O. The largest absolute Gasteiger partial charge is 0.372 e. The zero-order chi connectivity index (χ0) is 20.5. The Balaban J connectivity index is 1.96. The van der Waals surface area contributed by atoms with E-state index in [2.05, 4.69) is 64.4 Å². The van der Waals surface area contributed by atoms with Crippen molar-refractivity contribution in [3.8, 4) is 0 Å². The van der Waals surface area contributed by atoms with Crippen LogP contribution in [0.25, 0.3) is 0 Å². The first-order valence-corrected chi connectivity index (χ1v) is 9.96. The normalized spacial score (nSPS) is 10.8. The summed E-state index contributed by atoms with van der Waals surface area (Å²) in [6.07, 6.45) is 2.54. The lowest BCUT2D eigenvalue weighted by atomic mass is 10.1. The highest BCUT2D eigenvalue weighted by Crippen LogP contribution is 2.25. The van der Waals surface area contributed by atoms with Crippen molar-refractivity contribution in [2.75, 3.05) is 50.5 Å². The Morgan fingerprint density at radius 1 is 1.11 bits per heavy atom. The van der Waals surface area contributed by atoms with E-state index in [4.69, 9.17) is 0 Å². The molecule has 2 aromatic rings. The highest BCUT2D eigenvalue weighted by Gasteiger charge is 2.08. The van der Waals surface area contributed by atoms with Gasteiger partial charge in [0.1, 0.15) is 5.82 Å². The number of nitrogens with one attached hydrogen (secondary N) is 2. The summed E-state index contributed by atoms with van der Waals surface area (Å²) in [7, 11) is 4.05. The highest BCUT2D eigenvalue weighted by molar-refractivity contribution is 5.94. The number of rotatable bonds is 10. The zero-order valence-electron chi connectivity index (χ0n) is 17.7. The molecule has 6 nitrogen and oxygen atoms in total. The van der Waals surface area contributed by atoms with Crippen LogP contribution in [0.4, 0.5) is 17.2 Å². The third-order valence-electron chi connectivity index (χ3n) is 4.69. The Morgan fingerprint density at radius 2 is 1.86 bits per heavy atom. The average molecular weight is 384 g/mol. The number of amides is 1. The first kappa shape index (κ1) is 21.7. The Bertz CT molecular complexity index is 754. The molecule has 0 aliphatic heterocycles. The van der Waals surface area contributed by atoms with Crippen LogP contribution in [0.3, 0.4) is 0 Å². The minimum atomic E-state index is -0.0856. The number of hydrogen-bond acceptors (Lipinski definition) is 5. The molecule has 0 saturated carbocycles. The fraction of sp³-hybridized carbons (Fsp3) is 0.455. The standard InChI is InChI=1S/C22H33N5O/c1-6-27(7-2)19-10-11-20(17(3)15-19)25-21-12-9-18(16-24-21)22(28)23-13-8-14-26(4)5/h9-12,15-16H,6-8,13-14H2,1-5H3,(H,23,28)(H,24,25). The molecule has 2 rings (SSSR count). The SMILES string of the molecule is CCN(CC)c1ccc(Nc2ccc(C(=O)NCCCN(C)C)cn2)c(C)c1. The summed E-state index contributed by atoms with van der Waals surface area (Å²) >= 11 is 0. The zero-order valence-corrected chi connectivity index (χ0v) is 17.7. The van der Waals surface area contributed by atoms with Crippen LogP contribution in [0.2, 0.25) is 0 Å². The Labute approximate surface area is 169 Å². The third kappa shape index (κ3) is 6.23. The molecule has 28 heavy (non-hydrogen) atoms. The number of aromatic nitrogens is 1. The maximum absolute atomic E-state index is 12.2. The summed E-state index contributed by atoms with van der Waals surface area (Å²) in [4.78, 5) is 21.0. The van der Waals surface area contributed by atoms with E-state index in [1.165, 1.54) is 5.69 Å². The van der Waals surface area contributed by atoms with Crippen LogP contribution >= 0.6 is 0 Å². The van der Waals surface area contributed by atoms with Gasteiger partial charge in [-0.25, -0.2) is 4.98 Å².